The van der Waals surface area contributed by atoms with Gasteiger partial charge in [-0.05, 0) is 12.1 Å². The van der Waals surface area contributed by atoms with E-state index in [1.54, 1.807) is 24.3 Å². The number of para-hydroxylation sites is 1. The summed E-state index contributed by atoms with van der Waals surface area (Å²) in [6.07, 6.45) is 0. The summed E-state index contributed by atoms with van der Waals surface area (Å²) >= 11 is 0. The third-order valence-electron chi connectivity index (χ3n) is 2.39. The maximum atomic E-state index is 11.6. The molecule has 0 atom stereocenters. The molecular formula is C11H10N2O4S. The summed E-state index contributed by atoms with van der Waals surface area (Å²) in [5.41, 5.74) is 0.483. The standard InChI is InChI=1S/C11H10N2O4S/c1-17-11(14)8-6-10(18(12,15)16)13-9-5-3-2-4-7(8)9/h2-6H,1H3,(H2,12,15,16). The van der Waals surface area contributed by atoms with Crippen molar-refractivity contribution in [2.75, 3.05) is 7.11 Å². The van der Waals surface area contributed by atoms with Gasteiger partial charge in [0.05, 0.1) is 18.2 Å². The number of rotatable bonds is 2. The Labute approximate surface area is 103 Å². The number of nitrogens with two attached hydrogens (primary N) is 1. The van der Waals surface area contributed by atoms with Crippen LogP contribution in [0.3, 0.4) is 0 Å². The first-order chi connectivity index (χ1) is 8.43. The molecule has 0 aliphatic heterocycles. The van der Waals surface area contributed by atoms with E-state index in [4.69, 9.17) is 5.14 Å². The van der Waals surface area contributed by atoms with Crippen LogP contribution in [0.1, 0.15) is 10.4 Å². The largest absolute Gasteiger partial charge is 0.465 e. The summed E-state index contributed by atoms with van der Waals surface area (Å²) in [4.78, 5) is 15.5. The fourth-order valence-corrected chi connectivity index (χ4v) is 2.08. The molecule has 2 rings (SSSR count). The van der Waals surface area contributed by atoms with E-state index in [0.717, 1.165) is 6.07 Å². The average molecular weight is 266 g/mol. The number of carbonyl (C=O) groups excluding carboxylic acids is 1. The van der Waals surface area contributed by atoms with Gasteiger partial charge in [-0.25, -0.2) is 23.3 Å². The number of aromatic nitrogens is 1. The number of primary sulfonamides is 1. The predicted molar refractivity (Wildman–Crippen MR) is 64.5 cm³/mol. The van der Waals surface area contributed by atoms with Crippen molar-refractivity contribution in [2.24, 2.45) is 5.14 Å². The fraction of sp³-hybridized carbons (Fsp3) is 0.0909. The minimum absolute atomic E-state index is 0.118. The Bertz CT molecular complexity index is 725. The van der Waals surface area contributed by atoms with Crippen molar-refractivity contribution in [1.82, 2.24) is 4.98 Å². The Morgan fingerprint density at radius 3 is 2.61 bits per heavy atom. The molecule has 0 amide bonds. The second-order valence-electron chi connectivity index (χ2n) is 3.56. The minimum atomic E-state index is -3.98. The number of ether oxygens (including phenoxy) is 1. The van der Waals surface area contributed by atoms with Crippen LogP contribution >= 0.6 is 0 Å². The van der Waals surface area contributed by atoms with E-state index in [1.165, 1.54) is 7.11 Å². The average Bonchev–Trinajstić information content (AvgIpc) is 2.35. The molecule has 0 aliphatic rings. The smallest absolute Gasteiger partial charge is 0.338 e. The molecule has 1 aromatic carbocycles. The summed E-state index contributed by atoms with van der Waals surface area (Å²) in [6, 6.07) is 7.76. The number of carbonyl (C=O) groups is 1. The Balaban J connectivity index is 2.85. The number of hydrogen-bond donors (Lipinski definition) is 1. The number of pyridine rings is 1. The molecule has 0 spiro atoms. The zero-order chi connectivity index (χ0) is 13.3. The van der Waals surface area contributed by atoms with Crippen molar-refractivity contribution in [2.45, 2.75) is 5.03 Å². The molecule has 7 heteroatoms. The summed E-state index contributed by atoms with van der Waals surface area (Å²) in [6.45, 7) is 0. The Hall–Kier alpha value is -1.99. The van der Waals surface area contributed by atoms with Crippen LogP contribution in [-0.4, -0.2) is 26.5 Å². The number of fused-ring (bicyclic) bond motifs is 1. The Morgan fingerprint density at radius 1 is 1.33 bits per heavy atom. The normalized spacial score (nSPS) is 11.4. The lowest BCUT2D eigenvalue weighted by atomic mass is 10.1. The lowest BCUT2D eigenvalue weighted by molar-refractivity contribution is 0.0602. The van der Waals surface area contributed by atoms with Crippen LogP contribution in [0.25, 0.3) is 10.9 Å². The highest BCUT2D eigenvalue weighted by Gasteiger charge is 2.18. The highest BCUT2D eigenvalue weighted by molar-refractivity contribution is 7.89. The molecule has 2 N–H and O–H groups in total. The van der Waals surface area contributed by atoms with E-state index in [1.807, 2.05) is 0 Å². The van der Waals surface area contributed by atoms with Crippen LogP contribution in [0, 0.1) is 0 Å². The minimum Gasteiger partial charge on any atom is -0.465 e. The maximum absolute atomic E-state index is 11.6. The third-order valence-corrected chi connectivity index (χ3v) is 3.18. The summed E-state index contributed by atoms with van der Waals surface area (Å²) in [5, 5.41) is 5.17. The van der Waals surface area contributed by atoms with Gasteiger partial charge in [-0.2, -0.15) is 0 Å². The zero-order valence-corrected chi connectivity index (χ0v) is 10.3. The van der Waals surface area contributed by atoms with Crippen molar-refractivity contribution in [1.29, 1.82) is 0 Å². The van der Waals surface area contributed by atoms with E-state index in [2.05, 4.69) is 9.72 Å². The predicted octanol–water partition coefficient (Wildman–Crippen LogP) is 0.669. The summed E-state index contributed by atoms with van der Waals surface area (Å²) in [5.74, 6) is -0.640. The molecule has 0 saturated heterocycles. The monoisotopic (exact) mass is 266 g/mol. The van der Waals surface area contributed by atoms with Crippen molar-refractivity contribution in [3.05, 3.63) is 35.9 Å². The molecule has 94 valence electrons. The van der Waals surface area contributed by atoms with E-state index in [-0.39, 0.29) is 10.6 Å². The van der Waals surface area contributed by atoms with Crippen molar-refractivity contribution in [3.63, 3.8) is 0 Å². The number of nitrogens with zero attached hydrogens (tertiary/aromatic N) is 1. The van der Waals surface area contributed by atoms with Crippen molar-refractivity contribution in [3.8, 4) is 0 Å². The summed E-state index contributed by atoms with van der Waals surface area (Å²) in [7, 11) is -2.76. The highest BCUT2D eigenvalue weighted by atomic mass is 32.2. The molecule has 0 saturated carbocycles. The van der Waals surface area contributed by atoms with Gasteiger partial charge in [-0.1, -0.05) is 18.2 Å². The number of esters is 1. The first kappa shape index (κ1) is 12.5. The second kappa shape index (κ2) is 4.35. The lowest BCUT2D eigenvalue weighted by Gasteiger charge is -2.06. The lowest BCUT2D eigenvalue weighted by Crippen LogP contribution is -2.15. The molecule has 2 aromatic rings. The van der Waals surface area contributed by atoms with E-state index >= 15 is 0 Å². The molecule has 1 heterocycles. The quantitative estimate of drug-likeness (QED) is 0.805. The topological polar surface area (TPSA) is 99.4 Å². The van der Waals surface area contributed by atoms with Crippen molar-refractivity contribution < 1.29 is 17.9 Å². The maximum Gasteiger partial charge on any atom is 0.338 e. The van der Waals surface area contributed by atoms with E-state index in [9.17, 15) is 13.2 Å². The molecule has 18 heavy (non-hydrogen) atoms. The zero-order valence-electron chi connectivity index (χ0n) is 9.45. The third kappa shape index (κ3) is 2.18. The SMILES string of the molecule is COC(=O)c1cc(S(N)(=O)=O)nc2ccccc12. The van der Waals surface area contributed by atoms with Crippen molar-refractivity contribution >= 4 is 26.9 Å². The molecule has 0 fully saturated rings. The summed E-state index contributed by atoms with van der Waals surface area (Å²) < 4.78 is 27.2. The first-order valence-corrected chi connectivity index (χ1v) is 6.49. The molecule has 0 aliphatic carbocycles. The number of hydrogen-bond acceptors (Lipinski definition) is 5. The molecule has 1 aromatic heterocycles. The molecule has 0 radical (unpaired) electrons. The van der Waals surface area contributed by atoms with Crippen LogP contribution in [0.4, 0.5) is 0 Å². The molecule has 6 nitrogen and oxygen atoms in total. The molecule has 0 unspecified atom stereocenters. The molecular weight excluding hydrogens is 256 g/mol. The molecule has 0 bridgehead atoms. The number of sulfonamides is 1. The van der Waals surface area contributed by atoms with E-state index < -0.39 is 16.0 Å². The van der Waals surface area contributed by atoms with Crippen LogP contribution in [-0.2, 0) is 14.8 Å². The Kier molecular flexibility index (Phi) is 3.02. The van der Waals surface area contributed by atoms with E-state index in [0.29, 0.717) is 10.9 Å². The fourth-order valence-electron chi connectivity index (χ4n) is 1.58. The van der Waals surface area contributed by atoms with Gasteiger partial charge in [0.15, 0.2) is 5.03 Å². The first-order valence-electron chi connectivity index (χ1n) is 4.94. The van der Waals surface area contributed by atoms with Crippen LogP contribution in [0.5, 0.6) is 0 Å². The van der Waals surface area contributed by atoms with Gasteiger partial charge < -0.3 is 4.74 Å². The van der Waals surface area contributed by atoms with Gasteiger partial charge in [0.2, 0.25) is 0 Å². The van der Waals surface area contributed by atoms with Crippen LogP contribution < -0.4 is 5.14 Å². The van der Waals surface area contributed by atoms with Gasteiger partial charge in [-0.15, -0.1) is 0 Å². The van der Waals surface area contributed by atoms with Crippen LogP contribution in [0.15, 0.2) is 35.4 Å². The second-order valence-corrected chi connectivity index (χ2v) is 5.07. The van der Waals surface area contributed by atoms with Crippen LogP contribution in [0.2, 0.25) is 0 Å². The number of benzene rings is 1. The van der Waals surface area contributed by atoms with Gasteiger partial charge in [0.1, 0.15) is 0 Å². The number of methoxy groups -OCH3 is 1. The van der Waals surface area contributed by atoms with Gasteiger partial charge in [0, 0.05) is 5.39 Å². The van der Waals surface area contributed by atoms with Gasteiger partial charge >= 0.3 is 5.97 Å². The van der Waals surface area contributed by atoms with Gasteiger partial charge in [-0.3, -0.25) is 0 Å². The van der Waals surface area contributed by atoms with Gasteiger partial charge in [0.25, 0.3) is 10.0 Å². The highest BCUT2D eigenvalue weighted by Crippen LogP contribution is 2.20. The Morgan fingerprint density at radius 2 is 2.00 bits per heavy atom.